The number of ether oxygens (including phenoxy) is 2. The second-order valence-corrected chi connectivity index (χ2v) is 52.3. The fourth-order valence-corrected chi connectivity index (χ4v) is 30.6. The highest BCUT2D eigenvalue weighted by atomic mass is 32.2. The Morgan fingerprint density at radius 1 is 0.267 bits per heavy atom. The van der Waals surface area contributed by atoms with E-state index in [1.807, 2.05) is 23.9 Å². The molecule has 146 heavy (non-hydrogen) atoms. The molecule has 6 saturated carbocycles. The van der Waals surface area contributed by atoms with Crippen molar-refractivity contribution in [3.8, 4) is 11.5 Å². The third kappa shape index (κ3) is 26.4. The van der Waals surface area contributed by atoms with Crippen LogP contribution in [0.1, 0.15) is 363 Å². The SMILES string of the molecule is Cc1ccccc1C(C)(C)CCC(C)(C)C(C)(c1ccccc1)c1ccccc1.Cc1ccccc1CCC1CCC[C@@]2(C)CCCC[C@@]12C.Cc1ccccc1OCC1CCC[C@@]2(C)CCCC[C@@]12C.Cc1ccccc1OCCC(C)(C)C(C)(c1ccccc1)c1ccccc1.Cc1ccccc1SCC1CCC[C@@]2(C)CCCC[C@@]12C.Cc1ccccc1SCCC(C)(C)C(C)(c1ccccc1)c1ccccc1. The van der Waals surface area contributed by atoms with E-state index in [9.17, 15) is 0 Å². The predicted molar refractivity (Wildman–Crippen MR) is 635 cm³/mol. The molecule has 0 amide bonds. The maximum Gasteiger partial charge on any atom is 0.122 e. The predicted octanol–water partition coefficient (Wildman–Crippen LogP) is 40.9. The summed E-state index contributed by atoms with van der Waals surface area (Å²) in [7, 11) is 0. The number of rotatable bonds is 30. The van der Waals surface area contributed by atoms with Gasteiger partial charge in [0.1, 0.15) is 11.5 Å². The molecule has 780 valence electrons. The highest BCUT2D eigenvalue weighted by Crippen LogP contribution is 2.65. The van der Waals surface area contributed by atoms with Crippen LogP contribution in [-0.4, -0.2) is 24.7 Å². The Morgan fingerprint density at radius 3 is 0.966 bits per heavy atom. The van der Waals surface area contributed by atoms with Crippen LogP contribution in [0.5, 0.6) is 11.5 Å². The Hall–Kier alpha value is -9.06. The third-order valence-corrected chi connectivity index (χ3v) is 42.9. The van der Waals surface area contributed by atoms with E-state index in [2.05, 4.69) is 486 Å². The zero-order valence-corrected chi connectivity index (χ0v) is 96.6. The first-order valence-corrected chi connectivity index (χ1v) is 58.9. The molecule has 0 N–H and O–H groups in total. The Morgan fingerprint density at radius 2 is 0.568 bits per heavy atom. The summed E-state index contributed by atoms with van der Waals surface area (Å²) in [5.41, 5.74) is 23.0. The largest absolute Gasteiger partial charge is 0.493 e. The van der Waals surface area contributed by atoms with Gasteiger partial charge in [0, 0.05) is 31.8 Å². The molecule has 0 saturated heterocycles. The lowest BCUT2D eigenvalue weighted by Gasteiger charge is -2.58. The smallest absolute Gasteiger partial charge is 0.122 e. The minimum atomic E-state index is -0.107. The van der Waals surface area contributed by atoms with Crippen molar-refractivity contribution in [3.05, 3.63) is 405 Å². The lowest BCUT2D eigenvalue weighted by atomic mass is 9.47. The van der Waals surface area contributed by atoms with E-state index in [4.69, 9.17) is 9.47 Å². The van der Waals surface area contributed by atoms with Gasteiger partial charge in [-0.3, -0.25) is 0 Å². The number of benzene rings is 12. The number of fused-ring (bicyclic) bond motifs is 3. The lowest BCUT2D eigenvalue weighted by molar-refractivity contribution is -0.0871. The quantitative estimate of drug-likeness (QED) is 0.0418. The molecule has 0 spiro atoms. The Balaban J connectivity index is 0.000000147. The maximum absolute atomic E-state index is 6.24. The molecule has 0 aliphatic heterocycles. The summed E-state index contributed by atoms with van der Waals surface area (Å²) in [6, 6.07) is 118. The van der Waals surface area contributed by atoms with Gasteiger partial charge in [0.25, 0.3) is 0 Å². The van der Waals surface area contributed by atoms with E-state index in [0.29, 0.717) is 39.1 Å². The molecule has 12 aromatic rings. The second-order valence-electron chi connectivity index (χ2n) is 50.1. The van der Waals surface area contributed by atoms with Crippen molar-refractivity contribution in [2.75, 3.05) is 24.7 Å². The molecule has 2 nitrogen and oxygen atoms in total. The molecule has 9 atom stereocenters. The van der Waals surface area contributed by atoms with Gasteiger partial charge in [0.05, 0.1) is 13.2 Å². The van der Waals surface area contributed by atoms with Gasteiger partial charge >= 0.3 is 0 Å². The number of thioether (sulfide) groups is 2. The van der Waals surface area contributed by atoms with Gasteiger partial charge in [-0.15, -0.1) is 23.5 Å². The second kappa shape index (κ2) is 50.7. The van der Waals surface area contributed by atoms with Crippen LogP contribution in [0.2, 0.25) is 0 Å². The number of hydrogen-bond acceptors (Lipinski definition) is 4. The maximum atomic E-state index is 6.24. The first-order valence-electron chi connectivity index (χ1n) is 56.9. The molecule has 0 aromatic heterocycles. The summed E-state index contributed by atoms with van der Waals surface area (Å²) in [5.74, 6) is 7.05. The van der Waals surface area contributed by atoms with E-state index in [-0.39, 0.29) is 37.9 Å². The van der Waals surface area contributed by atoms with Gasteiger partial charge in [-0.25, -0.2) is 0 Å². The van der Waals surface area contributed by atoms with Crippen molar-refractivity contribution in [2.45, 2.75) is 364 Å². The summed E-state index contributed by atoms with van der Waals surface area (Å²) in [5, 5.41) is 0. The fraction of sp³-hybridized carbons (Fsp3) is 0.493. The van der Waals surface area contributed by atoms with Gasteiger partial charge < -0.3 is 9.47 Å². The first-order chi connectivity index (χ1) is 69.7. The van der Waals surface area contributed by atoms with Gasteiger partial charge in [0.15, 0.2) is 0 Å². The molecule has 0 heterocycles. The summed E-state index contributed by atoms with van der Waals surface area (Å²) >= 11 is 4.09. The number of para-hydroxylation sites is 2. The van der Waals surface area contributed by atoms with Gasteiger partial charge in [0.2, 0.25) is 0 Å². The van der Waals surface area contributed by atoms with Crippen LogP contribution in [-0.2, 0) is 28.1 Å². The zero-order chi connectivity index (χ0) is 105. The molecule has 0 radical (unpaired) electrons. The monoisotopic (exact) mass is 1990 g/mol. The highest BCUT2D eigenvalue weighted by molar-refractivity contribution is 7.99. The summed E-state index contributed by atoms with van der Waals surface area (Å²) in [6.45, 7) is 56.8. The molecule has 0 bridgehead atoms. The normalized spacial score (nSPS) is 22.6. The van der Waals surface area contributed by atoms with E-state index >= 15 is 0 Å². The summed E-state index contributed by atoms with van der Waals surface area (Å²) < 4.78 is 12.4. The first kappa shape index (κ1) is 114. The summed E-state index contributed by atoms with van der Waals surface area (Å²) in [6.07, 6.45) is 37.4. The van der Waals surface area contributed by atoms with Gasteiger partial charge in [-0.05, 0) is 337 Å². The van der Waals surface area contributed by atoms with E-state index in [0.717, 1.165) is 67.3 Å². The topological polar surface area (TPSA) is 18.5 Å². The van der Waals surface area contributed by atoms with Crippen LogP contribution in [0.3, 0.4) is 0 Å². The standard InChI is InChI=1S/C29H36.C26H30O.C26H30S.C21H32.C20H30O.C20H30S/c1-23-15-13-14-20-26(23)27(2,3)21-22-28(4,5)29(6,24-16-9-7-10-17-24)25-18-11-8-12-19-25;2*1-21-13-11-12-18-24(21)27-20-19-25(2,3)26(4,22-14-7-5-8-15-22)23-16-9-6-10-17-23;1-17-9-4-5-10-18(17)12-13-19-11-8-15-20(2)14-6-7-16-21(19,20)3;2*1-16-9-4-5-11-18(16)21-15-17-10-8-13-19(2)12-6-7-14-20(17,19)3/h7-20H,21-22H2,1-6H3;2*5-18H,19-20H2,1-4H3;4-5,9-10,19H,6-8,11-16H2,1-3H3;2*4-5,9,11,17H,6-8,10,12-15H2,1-3H3/t;;;19?,20-,21+;2*17?,19-,20+/m...111/s1. The van der Waals surface area contributed by atoms with Crippen LogP contribution < -0.4 is 9.47 Å². The molecule has 18 rings (SSSR count). The molecule has 12 aromatic carbocycles. The fourth-order valence-electron chi connectivity index (χ4n) is 27.9. The van der Waals surface area contributed by atoms with Crippen LogP contribution in [0, 0.1) is 108 Å². The van der Waals surface area contributed by atoms with Gasteiger partial charge in [-0.1, -0.05) is 479 Å². The van der Waals surface area contributed by atoms with Crippen LogP contribution in [0.4, 0.5) is 0 Å². The van der Waals surface area contributed by atoms with Crippen molar-refractivity contribution in [3.63, 3.8) is 0 Å². The summed E-state index contributed by atoms with van der Waals surface area (Å²) in [4.78, 5) is 2.89. The molecule has 3 unspecified atom stereocenters. The van der Waals surface area contributed by atoms with E-state index < -0.39 is 0 Å². The Bertz CT molecular complexity index is 5460. The van der Waals surface area contributed by atoms with Crippen molar-refractivity contribution in [2.24, 2.45) is 66.5 Å². The van der Waals surface area contributed by atoms with Crippen molar-refractivity contribution < 1.29 is 9.47 Å². The Labute approximate surface area is 898 Å². The highest BCUT2D eigenvalue weighted by Gasteiger charge is 2.56. The molecule has 6 aliphatic rings. The number of aryl methyl sites for hydroxylation is 7. The van der Waals surface area contributed by atoms with Crippen LogP contribution in [0.25, 0.3) is 0 Å². The van der Waals surface area contributed by atoms with Crippen molar-refractivity contribution in [1.29, 1.82) is 0 Å². The minimum Gasteiger partial charge on any atom is -0.493 e. The Kier molecular flexibility index (Phi) is 39.6. The lowest BCUT2D eigenvalue weighted by Crippen LogP contribution is -2.50. The average Bonchev–Trinajstić information content (AvgIpc) is 0.752. The zero-order valence-electron chi connectivity index (χ0n) is 95.0. The third-order valence-electron chi connectivity index (χ3n) is 40.4. The van der Waals surface area contributed by atoms with E-state index in [1.54, 1.807) is 5.56 Å². The molecular formula is C142H188O2S2. The van der Waals surface area contributed by atoms with Crippen LogP contribution >= 0.6 is 23.5 Å². The molecular weight excluding hydrogens is 1800 g/mol. The average molecular weight is 1990 g/mol. The number of hydrogen-bond donors (Lipinski definition) is 0. The van der Waals surface area contributed by atoms with Crippen molar-refractivity contribution in [1.82, 2.24) is 0 Å². The van der Waals surface area contributed by atoms with Gasteiger partial charge in [-0.2, -0.15) is 0 Å². The molecule has 6 aliphatic carbocycles. The van der Waals surface area contributed by atoms with Crippen LogP contribution in [0.15, 0.2) is 337 Å². The molecule has 4 heteroatoms. The van der Waals surface area contributed by atoms with E-state index in [1.165, 1.54) is 236 Å². The molecule has 6 fully saturated rings. The minimum absolute atomic E-state index is 0.0123. The van der Waals surface area contributed by atoms with Crippen molar-refractivity contribution >= 4 is 23.5 Å².